The molecule has 3 N–H and O–H groups in total. The fraction of sp³-hybridized carbons (Fsp3) is 0.562. The van der Waals surface area contributed by atoms with Crippen molar-refractivity contribution in [2.24, 2.45) is 11.7 Å². The third-order valence-electron chi connectivity index (χ3n) is 3.26. The second-order valence-electron chi connectivity index (χ2n) is 5.56. The monoisotopic (exact) mass is 277 g/mol. The number of rotatable bonds is 8. The molecular formula is C16H27N3O. The Morgan fingerprint density at radius 3 is 2.45 bits per heavy atom. The number of hydrogen-bond acceptors (Lipinski definition) is 3. The van der Waals surface area contributed by atoms with Crippen LogP contribution in [0.1, 0.15) is 26.3 Å². The predicted octanol–water partition coefficient (Wildman–Crippen LogP) is 1.61. The average Bonchev–Trinajstić information content (AvgIpc) is 2.44. The van der Waals surface area contributed by atoms with Gasteiger partial charge in [-0.25, -0.2) is 0 Å². The molecule has 1 rings (SSSR count). The van der Waals surface area contributed by atoms with Crippen molar-refractivity contribution in [2.75, 3.05) is 19.6 Å². The fourth-order valence-electron chi connectivity index (χ4n) is 2.01. The first-order valence-corrected chi connectivity index (χ1v) is 7.30. The maximum Gasteiger partial charge on any atom is 0.237 e. The van der Waals surface area contributed by atoms with E-state index in [9.17, 15) is 4.79 Å². The van der Waals surface area contributed by atoms with Gasteiger partial charge in [0.2, 0.25) is 5.91 Å². The molecule has 0 fully saturated rings. The molecule has 0 bridgehead atoms. The molecule has 0 heterocycles. The lowest BCUT2D eigenvalue weighted by molar-refractivity contribution is -0.126. The average molecular weight is 277 g/mol. The predicted molar refractivity (Wildman–Crippen MR) is 83.2 cm³/mol. The van der Waals surface area contributed by atoms with Crippen molar-refractivity contribution >= 4 is 5.91 Å². The summed E-state index contributed by atoms with van der Waals surface area (Å²) < 4.78 is 0. The Labute approximate surface area is 122 Å². The highest BCUT2D eigenvalue weighted by molar-refractivity contribution is 5.81. The van der Waals surface area contributed by atoms with E-state index in [0.29, 0.717) is 25.6 Å². The zero-order valence-corrected chi connectivity index (χ0v) is 12.8. The number of nitrogens with one attached hydrogen (secondary N) is 1. The van der Waals surface area contributed by atoms with E-state index in [2.05, 4.69) is 36.2 Å². The van der Waals surface area contributed by atoms with Crippen LogP contribution in [-0.4, -0.2) is 36.5 Å². The summed E-state index contributed by atoms with van der Waals surface area (Å²) in [5.41, 5.74) is 6.87. The van der Waals surface area contributed by atoms with E-state index in [1.165, 1.54) is 5.56 Å². The smallest absolute Gasteiger partial charge is 0.237 e. The van der Waals surface area contributed by atoms with Gasteiger partial charge in [0.1, 0.15) is 0 Å². The first-order chi connectivity index (χ1) is 9.54. The van der Waals surface area contributed by atoms with Gasteiger partial charge in [-0.05, 0) is 18.4 Å². The Morgan fingerprint density at radius 1 is 1.25 bits per heavy atom. The number of hydrogen-bond donors (Lipinski definition) is 2. The molecule has 0 saturated heterocycles. The summed E-state index contributed by atoms with van der Waals surface area (Å²) >= 11 is 0. The first kappa shape index (κ1) is 16.7. The topological polar surface area (TPSA) is 58.4 Å². The van der Waals surface area contributed by atoms with E-state index < -0.39 is 0 Å². The lowest BCUT2D eigenvalue weighted by Gasteiger charge is -2.28. The molecule has 1 aromatic carbocycles. The number of nitrogens with two attached hydrogens (primary N) is 1. The number of carbonyl (C=O) groups excluding carboxylic acids is 1. The Morgan fingerprint density at radius 2 is 1.90 bits per heavy atom. The number of benzene rings is 1. The summed E-state index contributed by atoms with van der Waals surface area (Å²) in [6.45, 7) is 8.84. The summed E-state index contributed by atoms with van der Waals surface area (Å²) in [4.78, 5) is 14.3. The van der Waals surface area contributed by atoms with Gasteiger partial charge in [0.05, 0.1) is 6.04 Å². The quantitative estimate of drug-likeness (QED) is 0.759. The van der Waals surface area contributed by atoms with Gasteiger partial charge in [-0.3, -0.25) is 9.69 Å². The van der Waals surface area contributed by atoms with Crippen LogP contribution in [0, 0.1) is 5.92 Å². The minimum atomic E-state index is -0.169. The van der Waals surface area contributed by atoms with E-state index in [1.807, 2.05) is 25.1 Å². The van der Waals surface area contributed by atoms with E-state index in [-0.39, 0.29) is 11.9 Å². The highest BCUT2D eigenvalue weighted by Gasteiger charge is 2.20. The van der Waals surface area contributed by atoms with E-state index in [0.717, 1.165) is 6.54 Å². The molecule has 1 amide bonds. The second kappa shape index (κ2) is 8.72. The molecule has 1 atom stereocenters. The maximum atomic E-state index is 12.2. The number of nitrogens with zero attached hydrogens (tertiary/aromatic N) is 1. The van der Waals surface area contributed by atoms with E-state index >= 15 is 0 Å². The Bertz CT molecular complexity index is 392. The summed E-state index contributed by atoms with van der Waals surface area (Å²) in [6, 6.07) is 10.00. The minimum absolute atomic E-state index is 0.0723. The van der Waals surface area contributed by atoms with Crippen LogP contribution in [0.25, 0.3) is 0 Å². The van der Waals surface area contributed by atoms with Gasteiger partial charge in [-0.1, -0.05) is 44.2 Å². The molecule has 4 heteroatoms. The van der Waals surface area contributed by atoms with E-state index in [4.69, 9.17) is 5.73 Å². The van der Waals surface area contributed by atoms with Gasteiger partial charge < -0.3 is 11.1 Å². The Balaban J connectivity index is 2.62. The molecule has 0 radical (unpaired) electrons. The Kier molecular flexibility index (Phi) is 7.26. The zero-order chi connectivity index (χ0) is 15.0. The molecule has 0 saturated carbocycles. The van der Waals surface area contributed by atoms with Gasteiger partial charge in [-0.15, -0.1) is 0 Å². The van der Waals surface area contributed by atoms with Crippen molar-refractivity contribution in [1.82, 2.24) is 10.2 Å². The van der Waals surface area contributed by atoms with Crippen molar-refractivity contribution in [3.63, 3.8) is 0 Å². The molecule has 0 aromatic heterocycles. The molecular weight excluding hydrogens is 250 g/mol. The maximum absolute atomic E-state index is 12.2. The first-order valence-electron chi connectivity index (χ1n) is 7.30. The molecule has 0 aliphatic rings. The molecule has 1 aromatic rings. The molecule has 1 unspecified atom stereocenters. The van der Waals surface area contributed by atoms with Crippen LogP contribution in [-0.2, 0) is 11.3 Å². The normalized spacial score (nSPS) is 12.7. The molecule has 112 valence electrons. The van der Waals surface area contributed by atoms with Crippen LogP contribution in [0.4, 0.5) is 0 Å². The summed E-state index contributed by atoms with van der Waals surface area (Å²) in [7, 11) is 0. The molecule has 0 spiro atoms. The van der Waals surface area contributed by atoms with Gasteiger partial charge in [-0.2, -0.15) is 0 Å². The van der Waals surface area contributed by atoms with Crippen LogP contribution in [0.3, 0.4) is 0 Å². The van der Waals surface area contributed by atoms with Crippen LogP contribution < -0.4 is 11.1 Å². The largest absolute Gasteiger partial charge is 0.354 e. The van der Waals surface area contributed by atoms with Crippen molar-refractivity contribution in [3.05, 3.63) is 35.9 Å². The van der Waals surface area contributed by atoms with Crippen LogP contribution in [0.2, 0.25) is 0 Å². The second-order valence-corrected chi connectivity index (χ2v) is 5.56. The van der Waals surface area contributed by atoms with Gasteiger partial charge >= 0.3 is 0 Å². The summed E-state index contributed by atoms with van der Waals surface area (Å²) in [5, 5.41) is 2.99. The highest BCUT2D eigenvalue weighted by atomic mass is 16.2. The van der Waals surface area contributed by atoms with Gasteiger partial charge in [0, 0.05) is 26.2 Å². The van der Waals surface area contributed by atoms with Crippen molar-refractivity contribution in [1.29, 1.82) is 0 Å². The minimum Gasteiger partial charge on any atom is -0.354 e. The van der Waals surface area contributed by atoms with E-state index in [1.54, 1.807) is 0 Å². The van der Waals surface area contributed by atoms with Crippen molar-refractivity contribution in [3.8, 4) is 0 Å². The molecule has 0 aliphatic heterocycles. The van der Waals surface area contributed by atoms with Crippen LogP contribution >= 0.6 is 0 Å². The molecule has 4 nitrogen and oxygen atoms in total. The zero-order valence-electron chi connectivity index (χ0n) is 12.8. The third kappa shape index (κ3) is 5.72. The Hall–Kier alpha value is -1.39. The number of amides is 1. The SMILES string of the molecule is CC(C)CNC(=O)C(C)N(CCN)Cc1ccccc1. The summed E-state index contributed by atoms with van der Waals surface area (Å²) in [6.07, 6.45) is 0. The van der Waals surface area contributed by atoms with Crippen molar-refractivity contribution < 1.29 is 4.79 Å². The lowest BCUT2D eigenvalue weighted by atomic mass is 10.1. The van der Waals surface area contributed by atoms with Crippen LogP contribution in [0.5, 0.6) is 0 Å². The lowest BCUT2D eigenvalue weighted by Crippen LogP contribution is -2.47. The highest BCUT2D eigenvalue weighted by Crippen LogP contribution is 2.08. The van der Waals surface area contributed by atoms with Gasteiger partial charge in [0.25, 0.3) is 0 Å². The summed E-state index contributed by atoms with van der Waals surface area (Å²) in [5.74, 6) is 0.534. The standard InChI is InChI=1S/C16H27N3O/c1-13(2)11-18-16(20)14(3)19(10-9-17)12-15-7-5-4-6-8-15/h4-8,13-14H,9-12,17H2,1-3H3,(H,18,20). The van der Waals surface area contributed by atoms with Crippen molar-refractivity contribution in [2.45, 2.75) is 33.4 Å². The van der Waals surface area contributed by atoms with Crippen LogP contribution in [0.15, 0.2) is 30.3 Å². The number of carbonyl (C=O) groups is 1. The third-order valence-corrected chi connectivity index (χ3v) is 3.26. The molecule has 0 aliphatic carbocycles. The van der Waals surface area contributed by atoms with Gasteiger partial charge in [0.15, 0.2) is 0 Å². The fourth-order valence-corrected chi connectivity index (χ4v) is 2.01. The molecule has 20 heavy (non-hydrogen) atoms.